The number of hydrogen-bond donors (Lipinski definition) is 1. The number of aromatic nitrogens is 2. The molecule has 1 fully saturated rings. The van der Waals surface area contributed by atoms with Crippen LogP contribution in [0.25, 0.3) is 21.9 Å². The van der Waals surface area contributed by atoms with Crippen LogP contribution in [0.2, 0.25) is 5.02 Å². The summed E-state index contributed by atoms with van der Waals surface area (Å²) in [4.78, 5) is 21.3. The van der Waals surface area contributed by atoms with Gasteiger partial charge in [0.05, 0.1) is 18.2 Å². The van der Waals surface area contributed by atoms with Gasteiger partial charge in [0.1, 0.15) is 11.6 Å². The van der Waals surface area contributed by atoms with Gasteiger partial charge in [-0.3, -0.25) is 9.78 Å². The van der Waals surface area contributed by atoms with Crippen LogP contribution in [-0.4, -0.2) is 22.5 Å². The van der Waals surface area contributed by atoms with Gasteiger partial charge < -0.3 is 10.1 Å². The van der Waals surface area contributed by atoms with Crippen molar-refractivity contribution in [3.05, 3.63) is 89.1 Å². The second-order valence-corrected chi connectivity index (χ2v) is 9.45. The van der Waals surface area contributed by atoms with Gasteiger partial charge in [-0.25, -0.2) is 9.37 Å². The first-order valence-electron chi connectivity index (χ1n) is 11.6. The number of fused-ring (bicyclic) bond motifs is 1. The molecule has 2 aromatic carbocycles. The van der Waals surface area contributed by atoms with Crippen LogP contribution in [-0.2, 0) is 16.1 Å². The highest BCUT2D eigenvalue weighted by atomic mass is 35.5. The average Bonchev–Trinajstić information content (AvgIpc) is 3.51. The van der Waals surface area contributed by atoms with Crippen LogP contribution in [0, 0.1) is 30.5 Å². The third kappa shape index (κ3) is 4.77. The molecule has 2 aromatic heterocycles. The first kappa shape index (κ1) is 23.4. The minimum Gasteiger partial charge on any atom is -0.376 e. The quantitative estimate of drug-likeness (QED) is 0.324. The SMILES string of the molecule is Cc1ccncc1-c1cc2cc(NC(=O)C3C(C)C3COCc3ccccc3)ncc2c(Cl)c1F. The summed E-state index contributed by atoms with van der Waals surface area (Å²) >= 11 is 6.35. The number of nitrogens with zero attached hydrogens (tertiary/aromatic N) is 2. The Kier molecular flexibility index (Phi) is 6.50. The molecule has 5 nitrogen and oxygen atoms in total. The minimum absolute atomic E-state index is 0.00225. The number of ether oxygens (including phenoxy) is 1. The molecule has 1 saturated carbocycles. The Morgan fingerprint density at radius 3 is 2.71 bits per heavy atom. The number of nitrogens with one attached hydrogen (secondary N) is 1. The molecule has 7 heteroatoms. The molecule has 2 heterocycles. The lowest BCUT2D eigenvalue weighted by Gasteiger charge is -2.12. The fourth-order valence-electron chi connectivity index (χ4n) is 4.57. The highest BCUT2D eigenvalue weighted by Crippen LogP contribution is 2.47. The fourth-order valence-corrected chi connectivity index (χ4v) is 4.83. The van der Waals surface area contributed by atoms with E-state index < -0.39 is 5.82 Å². The number of halogens is 2. The maximum absolute atomic E-state index is 15.0. The number of pyridine rings is 2. The lowest BCUT2D eigenvalue weighted by molar-refractivity contribution is -0.118. The van der Waals surface area contributed by atoms with Crippen molar-refractivity contribution in [1.82, 2.24) is 9.97 Å². The van der Waals surface area contributed by atoms with Crippen molar-refractivity contribution in [2.24, 2.45) is 17.8 Å². The second-order valence-electron chi connectivity index (χ2n) is 9.07. The average molecular weight is 490 g/mol. The molecule has 3 atom stereocenters. The van der Waals surface area contributed by atoms with E-state index in [1.807, 2.05) is 43.3 Å². The molecule has 5 rings (SSSR count). The molecule has 0 radical (unpaired) electrons. The Morgan fingerprint density at radius 1 is 1.14 bits per heavy atom. The highest BCUT2D eigenvalue weighted by Gasteiger charge is 2.51. The third-order valence-electron chi connectivity index (χ3n) is 6.77. The summed E-state index contributed by atoms with van der Waals surface area (Å²) in [6.45, 7) is 5.01. The number of benzene rings is 2. The predicted molar refractivity (Wildman–Crippen MR) is 136 cm³/mol. The highest BCUT2D eigenvalue weighted by molar-refractivity contribution is 6.36. The van der Waals surface area contributed by atoms with Crippen LogP contribution in [0.15, 0.2) is 67.1 Å². The molecule has 0 saturated heterocycles. The lowest BCUT2D eigenvalue weighted by Crippen LogP contribution is -2.17. The Labute approximate surface area is 208 Å². The van der Waals surface area contributed by atoms with E-state index in [1.54, 1.807) is 24.5 Å². The van der Waals surface area contributed by atoms with Gasteiger partial charge in [0, 0.05) is 41.0 Å². The number of carbonyl (C=O) groups is 1. The Morgan fingerprint density at radius 2 is 1.94 bits per heavy atom. The van der Waals surface area contributed by atoms with Crippen LogP contribution in [0.3, 0.4) is 0 Å². The molecule has 1 aliphatic carbocycles. The van der Waals surface area contributed by atoms with E-state index in [0.717, 1.165) is 11.1 Å². The molecule has 35 heavy (non-hydrogen) atoms. The number of anilines is 1. The smallest absolute Gasteiger partial charge is 0.229 e. The molecule has 1 N–H and O–H groups in total. The normalized spacial score (nSPS) is 19.0. The topological polar surface area (TPSA) is 64.1 Å². The van der Waals surface area contributed by atoms with Gasteiger partial charge in [-0.1, -0.05) is 48.9 Å². The monoisotopic (exact) mass is 489 g/mol. The number of hydrogen-bond acceptors (Lipinski definition) is 4. The van der Waals surface area contributed by atoms with Crippen molar-refractivity contribution in [3.63, 3.8) is 0 Å². The van der Waals surface area contributed by atoms with Gasteiger partial charge in [0.15, 0.2) is 0 Å². The van der Waals surface area contributed by atoms with Crippen molar-refractivity contribution >= 4 is 34.1 Å². The second kappa shape index (κ2) is 9.72. The molecule has 1 amide bonds. The van der Waals surface area contributed by atoms with E-state index in [9.17, 15) is 4.79 Å². The summed E-state index contributed by atoms with van der Waals surface area (Å²) in [5.41, 5.74) is 3.03. The summed E-state index contributed by atoms with van der Waals surface area (Å²) in [7, 11) is 0. The molecule has 178 valence electrons. The lowest BCUT2D eigenvalue weighted by atomic mass is 9.99. The molecule has 1 aliphatic rings. The van der Waals surface area contributed by atoms with E-state index in [0.29, 0.717) is 40.9 Å². The molecule has 0 aliphatic heterocycles. The zero-order chi connectivity index (χ0) is 24.5. The van der Waals surface area contributed by atoms with Gasteiger partial charge >= 0.3 is 0 Å². The predicted octanol–water partition coefficient (Wildman–Crippen LogP) is 6.44. The molecule has 3 unspecified atom stereocenters. The van der Waals surface area contributed by atoms with Gasteiger partial charge in [-0.2, -0.15) is 0 Å². The molecular weight excluding hydrogens is 465 g/mol. The van der Waals surface area contributed by atoms with E-state index in [2.05, 4.69) is 22.2 Å². The first-order valence-corrected chi connectivity index (χ1v) is 11.9. The maximum atomic E-state index is 15.0. The molecule has 4 aromatic rings. The minimum atomic E-state index is -0.515. The van der Waals surface area contributed by atoms with Gasteiger partial charge in [-0.05, 0) is 53.5 Å². The van der Waals surface area contributed by atoms with Gasteiger partial charge in [0.2, 0.25) is 5.91 Å². The van der Waals surface area contributed by atoms with Crippen LogP contribution >= 0.6 is 11.6 Å². The fraction of sp³-hybridized carbons (Fsp3) is 0.250. The number of amides is 1. The third-order valence-corrected chi connectivity index (χ3v) is 7.14. The summed E-state index contributed by atoms with van der Waals surface area (Å²) in [6.07, 6.45) is 4.77. The van der Waals surface area contributed by atoms with Crippen LogP contribution in [0.1, 0.15) is 18.1 Å². The largest absolute Gasteiger partial charge is 0.376 e. The number of aryl methyl sites for hydroxylation is 1. The van der Waals surface area contributed by atoms with Crippen molar-refractivity contribution in [1.29, 1.82) is 0 Å². The number of rotatable bonds is 7. The van der Waals surface area contributed by atoms with Crippen molar-refractivity contribution < 1.29 is 13.9 Å². The van der Waals surface area contributed by atoms with Crippen LogP contribution in [0.5, 0.6) is 0 Å². The standard InChI is InChI=1S/C28H25ClFN3O2/c1-16-8-9-31-12-21(16)20-10-19-11-24(32-13-22(19)26(29)27(20)30)33-28(34)25-17(2)23(25)15-35-14-18-6-4-3-5-7-18/h3-13,17,23,25H,14-15H2,1-2H3,(H,32,33,34). The summed E-state index contributed by atoms with van der Waals surface area (Å²) in [5, 5.41) is 4.08. The van der Waals surface area contributed by atoms with Gasteiger partial charge in [-0.15, -0.1) is 0 Å². The van der Waals surface area contributed by atoms with Crippen molar-refractivity contribution in [3.8, 4) is 11.1 Å². The zero-order valence-corrected chi connectivity index (χ0v) is 20.2. The van der Waals surface area contributed by atoms with Crippen molar-refractivity contribution in [2.75, 3.05) is 11.9 Å². The number of carbonyl (C=O) groups excluding carboxylic acids is 1. The molecular formula is C28H25ClFN3O2. The van der Waals surface area contributed by atoms with Gasteiger partial charge in [0.25, 0.3) is 0 Å². The summed E-state index contributed by atoms with van der Waals surface area (Å²) < 4.78 is 20.9. The Bertz CT molecular complexity index is 1400. The van der Waals surface area contributed by atoms with E-state index in [1.165, 1.54) is 6.20 Å². The molecule has 0 bridgehead atoms. The Balaban J connectivity index is 1.30. The van der Waals surface area contributed by atoms with E-state index in [-0.39, 0.29) is 28.7 Å². The maximum Gasteiger partial charge on any atom is 0.229 e. The first-order chi connectivity index (χ1) is 16.9. The van der Waals surface area contributed by atoms with E-state index in [4.69, 9.17) is 16.3 Å². The van der Waals surface area contributed by atoms with Crippen molar-refractivity contribution in [2.45, 2.75) is 20.5 Å². The summed E-state index contributed by atoms with van der Waals surface area (Å²) in [5.74, 6) is 0.0711. The Hall–Kier alpha value is -3.35. The molecule has 0 spiro atoms. The van der Waals surface area contributed by atoms with Crippen LogP contribution in [0.4, 0.5) is 10.2 Å². The van der Waals surface area contributed by atoms with E-state index >= 15 is 4.39 Å². The van der Waals surface area contributed by atoms with Crippen LogP contribution < -0.4 is 5.32 Å². The summed E-state index contributed by atoms with van der Waals surface area (Å²) in [6, 6.07) is 15.2. The zero-order valence-electron chi connectivity index (χ0n) is 19.5.